The molecule has 0 aliphatic heterocycles. The summed E-state index contributed by atoms with van der Waals surface area (Å²) in [5.41, 5.74) is 2.80. The van der Waals surface area contributed by atoms with Gasteiger partial charge in [-0.05, 0) is 43.2 Å². The Morgan fingerprint density at radius 1 is 1.25 bits per heavy atom. The van der Waals surface area contributed by atoms with Crippen molar-refractivity contribution in [2.45, 2.75) is 18.7 Å². The Bertz CT molecular complexity index is 640. The molecule has 2 rings (SSSR count). The van der Waals surface area contributed by atoms with Gasteiger partial charge in [0.2, 0.25) is 0 Å². The molecule has 2 nitrogen and oxygen atoms in total. The molecular formula is C16H15BrFNO. The monoisotopic (exact) mass is 335 g/mol. The van der Waals surface area contributed by atoms with Crippen molar-refractivity contribution in [1.29, 1.82) is 0 Å². The first-order valence-electron chi connectivity index (χ1n) is 6.29. The minimum absolute atomic E-state index is 0.118. The van der Waals surface area contributed by atoms with Crippen LogP contribution < -0.4 is 5.32 Å². The van der Waals surface area contributed by atoms with E-state index in [1.807, 2.05) is 31.2 Å². The number of halogens is 2. The molecule has 0 saturated heterocycles. The maximum atomic E-state index is 13.3. The standard InChI is InChI=1S/C16H15BrFNO/c1-10-7-8-12(18)9-14(10)16(20)19-15-6-4-3-5-13(15)11(2)17/h3-9,11H,1-2H3,(H,19,20). The molecule has 1 amide bonds. The van der Waals surface area contributed by atoms with Gasteiger partial charge in [-0.15, -0.1) is 0 Å². The SMILES string of the molecule is Cc1ccc(F)cc1C(=O)Nc1ccccc1C(C)Br. The minimum atomic E-state index is -0.414. The molecule has 0 heterocycles. The zero-order valence-corrected chi connectivity index (χ0v) is 12.9. The highest BCUT2D eigenvalue weighted by atomic mass is 79.9. The lowest BCUT2D eigenvalue weighted by molar-refractivity contribution is 0.102. The lowest BCUT2D eigenvalue weighted by atomic mass is 10.1. The summed E-state index contributed by atoms with van der Waals surface area (Å²) < 4.78 is 13.3. The van der Waals surface area contributed by atoms with E-state index in [1.165, 1.54) is 12.1 Å². The summed E-state index contributed by atoms with van der Waals surface area (Å²) in [5, 5.41) is 2.84. The van der Waals surface area contributed by atoms with Gasteiger partial charge in [0, 0.05) is 16.1 Å². The second-order valence-corrected chi connectivity index (χ2v) is 5.99. The lowest BCUT2D eigenvalue weighted by Gasteiger charge is -2.13. The summed E-state index contributed by atoms with van der Waals surface area (Å²) in [6, 6.07) is 11.7. The second kappa shape index (κ2) is 6.18. The number of amides is 1. The van der Waals surface area contributed by atoms with Crippen LogP contribution in [0.2, 0.25) is 0 Å². The van der Waals surface area contributed by atoms with Crippen molar-refractivity contribution in [3.8, 4) is 0 Å². The van der Waals surface area contributed by atoms with Crippen LogP contribution in [-0.2, 0) is 0 Å². The van der Waals surface area contributed by atoms with Gasteiger partial charge in [-0.25, -0.2) is 4.39 Å². The highest BCUT2D eigenvalue weighted by molar-refractivity contribution is 9.09. The number of para-hydroxylation sites is 1. The van der Waals surface area contributed by atoms with Crippen LogP contribution >= 0.6 is 15.9 Å². The molecule has 0 saturated carbocycles. The third-order valence-corrected chi connectivity index (χ3v) is 3.58. The Morgan fingerprint density at radius 3 is 2.65 bits per heavy atom. The summed E-state index contributed by atoms with van der Waals surface area (Å²) >= 11 is 3.49. The maximum absolute atomic E-state index is 13.3. The summed E-state index contributed by atoms with van der Waals surface area (Å²) in [6.45, 7) is 3.77. The normalized spacial score (nSPS) is 12.0. The molecule has 1 unspecified atom stereocenters. The van der Waals surface area contributed by atoms with E-state index in [-0.39, 0.29) is 10.7 Å². The van der Waals surface area contributed by atoms with E-state index in [1.54, 1.807) is 13.0 Å². The summed E-state index contributed by atoms with van der Waals surface area (Å²) in [7, 11) is 0. The van der Waals surface area contributed by atoms with Gasteiger partial charge in [0.25, 0.3) is 5.91 Å². The van der Waals surface area contributed by atoms with E-state index in [4.69, 9.17) is 0 Å². The van der Waals surface area contributed by atoms with Crippen LogP contribution in [0.3, 0.4) is 0 Å². The van der Waals surface area contributed by atoms with E-state index < -0.39 is 5.82 Å². The molecular weight excluding hydrogens is 321 g/mol. The van der Waals surface area contributed by atoms with E-state index >= 15 is 0 Å². The Kier molecular flexibility index (Phi) is 4.55. The summed E-state index contributed by atoms with van der Waals surface area (Å²) in [6.07, 6.45) is 0. The Balaban J connectivity index is 2.31. The first-order chi connectivity index (χ1) is 9.49. The fourth-order valence-electron chi connectivity index (χ4n) is 1.99. The molecule has 20 heavy (non-hydrogen) atoms. The molecule has 2 aromatic rings. The van der Waals surface area contributed by atoms with Crippen molar-refractivity contribution in [2.75, 3.05) is 5.32 Å². The topological polar surface area (TPSA) is 29.1 Å². The molecule has 0 bridgehead atoms. The van der Waals surface area contributed by atoms with Gasteiger partial charge in [-0.1, -0.05) is 40.2 Å². The number of benzene rings is 2. The zero-order valence-electron chi connectivity index (χ0n) is 11.3. The molecule has 0 aliphatic rings. The molecule has 0 aromatic heterocycles. The van der Waals surface area contributed by atoms with E-state index in [0.29, 0.717) is 5.56 Å². The second-order valence-electron chi connectivity index (χ2n) is 4.62. The predicted molar refractivity (Wildman–Crippen MR) is 82.9 cm³/mol. The van der Waals surface area contributed by atoms with Crippen molar-refractivity contribution < 1.29 is 9.18 Å². The highest BCUT2D eigenvalue weighted by Crippen LogP contribution is 2.29. The van der Waals surface area contributed by atoms with Crippen LogP contribution in [0.5, 0.6) is 0 Å². The largest absolute Gasteiger partial charge is 0.322 e. The van der Waals surface area contributed by atoms with E-state index in [0.717, 1.165) is 16.8 Å². The maximum Gasteiger partial charge on any atom is 0.256 e. The number of alkyl halides is 1. The number of hydrogen-bond donors (Lipinski definition) is 1. The first kappa shape index (κ1) is 14.7. The predicted octanol–water partition coefficient (Wildman–Crippen LogP) is 4.84. The van der Waals surface area contributed by atoms with Gasteiger partial charge in [0.15, 0.2) is 0 Å². The molecule has 0 radical (unpaired) electrons. The van der Waals surface area contributed by atoms with Crippen molar-refractivity contribution in [3.63, 3.8) is 0 Å². The summed E-state index contributed by atoms with van der Waals surface area (Å²) in [5.74, 6) is -0.717. The van der Waals surface area contributed by atoms with Gasteiger partial charge in [0.05, 0.1) is 0 Å². The number of rotatable bonds is 3. The molecule has 0 fully saturated rings. The third kappa shape index (κ3) is 3.25. The number of hydrogen-bond acceptors (Lipinski definition) is 1. The van der Waals surface area contributed by atoms with Gasteiger partial charge in [0.1, 0.15) is 5.82 Å². The van der Waals surface area contributed by atoms with Crippen molar-refractivity contribution in [2.24, 2.45) is 0 Å². The van der Waals surface area contributed by atoms with Crippen molar-refractivity contribution in [3.05, 3.63) is 65.0 Å². The smallest absolute Gasteiger partial charge is 0.256 e. The fourth-order valence-corrected chi connectivity index (χ4v) is 2.39. The Hall–Kier alpha value is -1.68. The molecule has 4 heteroatoms. The van der Waals surface area contributed by atoms with Crippen LogP contribution in [0.4, 0.5) is 10.1 Å². The van der Waals surface area contributed by atoms with Crippen LogP contribution in [0, 0.1) is 12.7 Å². The number of aryl methyl sites for hydroxylation is 1. The van der Waals surface area contributed by atoms with Gasteiger partial charge in [-0.3, -0.25) is 4.79 Å². The minimum Gasteiger partial charge on any atom is -0.322 e. The Labute approximate surface area is 126 Å². The van der Waals surface area contributed by atoms with Crippen molar-refractivity contribution in [1.82, 2.24) is 0 Å². The van der Waals surface area contributed by atoms with E-state index in [9.17, 15) is 9.18 Å². The van der Waals surface area contributed by atoms with Crippen LogP contribution in [0.1, 0.15) is 33.2 Å². The van der Waals surface area contributed by atoms with Gasteiger partial charge >= 0.3 is 0 Å². The average Bonchev–Trinajstić information content (AvgIpc) is 2.41. The quantitative estimate of drug-likeness (QED) is 0.798. The number of nitrogens with one attached hydrogen (secondary N) is 1. The molecule has 0 aliphatic carbocycles. The number of carbonyl (C=O) groups excluding carboxylic acids is 1. The molecule has 2 aromatic carbocycles. The first-order valence-corrected chi connectivity index (χ1v) is 7.21. The van der Waals surface area contributed by atoms with Gasteiger partial charge < -0.3 is 5.32 Å². The number of anilines is 1. The lowest BCUT2D eigenvalue weighted by Crippen LogP contribution is -2.15. The molecule has 0 spiro atoms. The molecule has 1 atom stereocenters. The molecule has 104 valence electrons. The number of carbonyl (C=O) groups is 1. The van der Waals surface area contributed by atoms with Crippen LogP contribution in [0.25, 0.3) is 0 Å². The molecule has 1 N–H and O–H groups in total. The third-order valence-electron chi connectivity index (χ3n) is 3.08. The van der Waals surface area contributed by atoms with E-state index in [2.05, 4.69) is 21.2 Å². The average molecular weight is 336 g/mol. The van der Waals surface area contributed by atoms with Crippen molar-refractivity contribution >= 4 is 27.5 Å². The highest BCUT2D eigenvalue weighted by Gasteiger charge is 2.13. The zero-order chi connectivity index (χ0) is 14.7. The Morgan fingerprint density at radius 2 is 1.95 bits per heavy atom. The summed E-state index contributed by atoms with van der Waals surface area (Å²) in [4.78, 5) is 12.4. The van der Waals surface area contributed by atoms with Crippen LogP contribution in [-0.4, -0.2) is 5.91 Å². The fraction of sp³-hybridized carbons (Fsp3) is 0.188. The van der Waals surface area contributed by atoms with Crippen LogP contribution in [0.15, 0.2) is 42.5 Å². The van der Waals surface area contributed by atoms with Gasteiger partial charge in [-0.2, -0.15) is 0 Å².